The van der Waals surface area contributed by atoms with Gasteiger partial charge in [-0.3, -0.25) is 0 Å². The van der Waals surface area contributed by atoms with Crippen LogP contribution in [0.25, 0.3) is 0 Å². The van der Waals surface area contributed by atoms with Crippen molar-refractivity contribution in [2.24, 2.45) is 0 Å². The molecule has 2 atom stereocenters. The van der Waals surface area contributed by atoms with Crippen molar-refractivity contribution in [1.82, 2.24) is 10.0 Å². The fraction of sp³-hybridized carbons (Fsp3) is 0.409. The van der Waals surface area contributed by atoms with Crippen molar-refractivity contribution in [2.45, 2.75) is 50.6 Å². The molecule has 1 aliphatic rings. The highest BCUT2D eigenvalue weighted by molar-refractivity contribution is 7.92. The highest BCUT2D eigenvalue weighted by Crippen LogP contribution is 2.21. The van der Waals surface area contributed by atoms with Crippen molar-refractivity contribution in [1.29, 1.82) is 0 Å². The average Bonchev–Trinajstić information content (AvgIpc) is 3.03. The Kier molecular flexibility index (Phi) is 7.26. The Morgan fingerprint density at radius 3 is 2.25 bits per heavy atom. The van der Waals surface area contributed by atoms with Crippen LogP contribution in [0.1, 0.15) is 42.5 Å². The molecule has 8 nitrogen and oxygen atoms in total. The van der Waals surface area contributed by atoms with E-state index in [2.05, 4.69) is 21.4 Å². The highest BCUT2D eigenvalue weighted by Gasteiger charge is 2.31. The minimum atomic E-state index is -3.85. The molecular formula is C22H29N3O5S2. The fourth-order valence-corrected chi connectivity index (χ4v) is 6.90. The van der Waals surface area contributed by atoms with Gasteiger partial charge in [0.2, 0.25) is 10.0 Å². The summed E-state index contributed by atoms with van der Waals surface area (Å²) < 4.78 is 50.6. The predicted octanol–water partition coefficient (Wildman–Crippen LogP) is 3.04. The highest BCUT2D eigenvalue weighted by atomic mass is 32.2. The van der Waals surface area contributed by atoms with Crippen molar-refractivity contribution in [3.05, 3.63) is 59.2 Å². The van der Waals surface area contributed by atoms with Gasteiger partial charge in [0.25, 0.3) is 0 Å². The summed E-state index contributed by atoms with van der Waals surface area (Å²) in [4.78, 5) is 12.5. The number of sulfonamides is 1. The van der Waals surface area contributed by atoms with Crippen LogP contribution >= 0.6 is 0 Å². The molecule has 0 saturated carbocycles. The molecule has 1 aliphatic heterocycles. The number of benzene rings is 2. The maximum atomic E-state index is 12.5. The molecule has 0 bridgehead atoms. The van der Waals surface area contributed by atoms with Gasteiger partial charge in [-0.15, -0.1) is 0 Å². The minimum absolute atomic E-state index is 0.00873. The molecule has 1 heterocycles. The standard InChI is InChI=1S/C22H29N3O5S2/c1-4-21(17-12-15(2)11-16(3)13-17)24-22(26)23-18-5-7-20(8-6-18)32(29,30)25-19-9-10-31(27,28)14-19/h5-8,11-13,19,21,25H,4,9-10,14H2,1-3H3,(H2,23,24,26). The number of carbonyl (C=O) groups is 1. The first-order valence-electron chi connectivity index (χ1n) is 10.5. The molecular weight excluding hydrogens is 450 g/mol. The van der Waals surface area contributed by atoms with Crippen LogP contribution in [0.15, 0.2) is 47.4 Å². The van der Waals surface area contributed by atoms with Crippen LogP contribution in [0.2, 0.25) is 0 Å². The second-order valence-corrected chi connectivity index (χ2v) is 12.2. The second kappa shape index (κ2) is 9.60. The normalized spacial score (nSPS) is 18.8. The topological polar surface area (TPSA) is 121 Å². The molecule has 1 saturated heterocycles. The van der Waals surface area contributed by atoms with E-state index < -0.39 is 25.9 Å². The number of urea groups is 1. The van der Waals surface area contributed by atoms with Crippen molar-refractivity contribution in [3.8, 4) is 0 Å². The molecule has 2 unspecified atom stereocenters. The van der Waals surface area contributed by atoms with Crippen LogP contribution in [0.4, 0.5) is 10.5 Å². The van der Waals surface area contributed by atoms with Gasteiger partial charge < -0.3 is 10.6 Å². The van der Waals surface area contributed by atoms with E-state index in [1.54, 1.807) is 0 Å². The number of carbonyl (C=O) groups excluding carboxylic acids is 1. The first-order chi connectivity index (χ1) is 15.0. The number of amides is 2. The number of rotatable bonds is 7. The van der Waals surface area contributed by atoms with Crippen LogP contribution in [-0.2, 0) is 19.9 Å². The first-order valence-corrected chi connectivity index (χ1v) is 13.8. The Balaban J connectivity index is 1.62. The molecule has 0 radical (unpaired) electrons. The second-order valence-electron chi connectivity index (χ2n) is 8.23. The molecule has 0 spiro atoms. The summed E-state index contributed by atoms with van der Waals surface area (Å²) >= 11 is 0. The van der Waals surface area contributed by atoms with Gasteiger partial charge >= 0.3 is 6.03 Å². The summed E-state index contributed by atoms with van der Waals surface area (Å²) in [6, 6.07) is 10.8. The van der Waals surface area contributed by atoms with Gasteiger partial charge in [0.1, 0.15) is 0 Å². The lowest BCUT2D eigenvalue weighted by atomic mass is 10.00. The Hall–Kier alpha value is -2.43. The molecule has 0 aromatic heterocycles. The molecule has 2 aromatic rings. The lowest BCUT2D eigenvalue weighted by molar-refractivity contribution is 0.248. The van der Waals surface area contributed by atoms with E-state index in [0.29, 0.717) is 5.69 Å². The predicted molar refractivity (Wildman–Crippen MR) is 125 cm³/mol. The first kappa shape index (κ1) is 24.2. The molecule has 2 aromatic carbocycles. The summed E-state index contributed by atoms with van der Waals surface area (Å²) in [7, 11) is -7.04. The maximum Gasteiger partial charge on any atom is 0.319 e. The third-order valence-corrected chi connectivity index (χ3v) is 8.64. The fourth-order valence-electron chi connectivity index (χ4n) is 3.85. The SMILES string of the molecule is CCC(NC(=O)Nc1ccc(S(=O)(=O)NC2CCS(=O)(=O)C2)cc1)c1cc(C)cc(C)c1. The van der Waals surface area contributed by atoms with E-state index in [1.165, 1.54) is 24.3 Å². The van der Waals surface area contributed by atoms with Crippen LogP contribution < -0.4 is 15.4 Å². The summed E-state index contributed by atoms with van der Waals surface area (Å²) in [5.41, 5.74) is 3.73. The Morgan fingerprint density at radius 2 is 1.72 bits per heavy atom. The third-order valence-electron chi connectivity index (χ3n) is 5.34. The van der Waals surface area contributed by atoms with Crippen LogP contribution in [0.5, 0.6) is 0 Å². The lowest BCUT2D eigenvalue weighted by Crippen LogP contribution is -2.35. The number of aryl methyl sites for hydroxylation is 2. The van der Waals surface area contributed by atoms with E-state index in [1.807, 2.05) is 32.9 Å². The van der Waals surface area contributed by atoms with E-state index in [4.69, 9.17) is 0 Å². The van der Waals surface area contributed by atoms with E-state index in [0.717, 1.165) is 23.1 Å². The van der Waals surface area contributed by atoms with Gasteiger partial charge in [-0.05, 0) is 56.5 Å². The Morgan fingerprint density at radius 1 is 1.09 bits per heavy atom. The van der Waals surface area contributed by atoms with Crippen molar-refractivity contribution >= 4 is 31.6 Å². The number of hydrogen-bond donors (Lipinski definition) is 3. The average molecular weight is 480 g/mol. The van der Waals surface area contributed by atoms with Gasteiger partial charge in [0.15, 0.2) is 9.84 Å². The molecule has 0 aliphatic carbocycles. The molecule has 1 fully saturated rings. The van der Waals surface area contributed by atoms with Crippen molar-refractivity contribution < 1.29 is 21.6 Å². The van der Waals surface area contributed by atoms with Gasteiger partial charge in [-0.2, -0.15) is 0 Å². The quantitative estimate of drug-likeness (QED) is 0.564. The molecule has 174 valence electrons. The monoisotopic (exact) mass is 479 g/mol. The Bertz CT molecular complexity index is 1170. The van der Waals surface area contributed by atoms with E-state index in [-0.39, 0.29) is 34.9 Å². The van der Waals surface area contributed by atoms with Crippen LogP contribution in [0.3, 0.4) is 0 Å². The largest absolute Gasteiger partial charge is 0.331 e. The van der Waals surface area contributed by atoms with Gasteiger partial charge in [0.05, 0.1) is 22.4 Å². The van der Waals surface area contributed by atoms with Gasteiger partial charge in [-0.1, -0.05) is 36.2 Å². The summed E-state index contributed by atoms with van der Waals surface area (Å²) in [6.45, 7) is 6.02. The zero-order chi connectivity index (χ0) is 23.5. The van der Waals surface area contributed by atoms with Gasteiger partial charge in [0, 0.05) is 11.7 Å². The number of sulfone groups is 1. The summed E-state index contributed by atoms with van der Waals surface area (Å²) in [6.07, 6.45) is 0.983. The Labute approximate surface area is 189 Å². The van der Waals surface area contributed by atoms with Crippen LogP contribution in [0, 0.1) is 13.8 Å². The molecule has 2 amide bonds. The number of anilines is 1. The molecule has 10 heteroatoms. The minimum Gasteiger partial charge on any atom is -0.331 e. The van der Waals surface area contributed by atoms with E-state index in [9.17, 15) is 21.6 Å². The number of nitrogens with one attached hydrogen (secondary N) is 3. The lowest BCUT2D eigenvalue weighted by Gasteiger charge is -2.19. The van der Waals surface area contributed by atoms with E-state index >= 15 is 0 Å². The zero-order valence-corrected chi connectivity index (χ0v) is 20.0. The summed E-state index contributed by atoms with van der Waals surface area (Å²) in [5, 5.41) is 5.67. The van der Waals surface area contributed by atoms with Crippen LogP contribution in [-0.4, -0.2) is 40.4 Å². The smallest absolute Gasteiger partial charge is 0.319 e. The molecule has 3 rings (SSSR count). The van der Waals surface area contributed by atoms with Gasteiger partial charge in [-0.25, -0.2) is 26.4 Å². The van der Waals surface area contributed by atoms with Crippen molar-refractivity contribution in [2.75, 3.05) is 16.8 Å². The molecule has 32 heavy (non-hydrogen) atoms. The third kappa shape index (κ3) is 6.30. The zero-order valence-electron chi connectivity index (χ0n) is 18.4. The molecule has 3 N–H and O–H groups in total. The summed E-state index contributed by atoms with van der Waals surface area (Å²) in [5.74, 6) is -0.204. The maximum absolute atomic E-state index is 12.5. The number of hydrogen-bond acceptors (Lipinski definition) is 5. The van der Waals surface area contributed by atoms with Crippen molar-refractivity contribution in [3.63, 3.8) is 0 Å².